The van der Waals surface area contributed by atoms with Gasteiger partial charge >= 0.3 is 0 Å². The number of hydrogen-bond donors (Lipinski definition) is 2. The lowest BCUT2D eigenvalue weighted by atomic mass is 10.1. The summed E-state index contributed by atoms with van der Waals surface area (Å²) in [6.45, 7) is 4.22. The van der Waals surface area contributed by atoms with Gasteiger partial charge in [0.1, 0.15) is 6.54 Å². The molecule has 1 aliphatic heterocycles. The number of benzene rings is 2. The van der Waals surface area contributed by atoms with Gasteiger partial charge in [0.25, 0.3) is 0 Å². The summed E-state index contributed by atoms with van der Waals surface area (Å²) in [6, 6.07) is 16.5. The van der Waals surface area contributed by atoms with E-state index in [1.807, 2.05) is 24.3 Å². The molecule has 1 aliphatic rings. The first-order valence-electron chi connectivity index (χ1n) is 8.76. The molecule has 0 aliphatic carbocycles. The minimum absolute atomic E-state index is 0.0799. The third kappa shape index (κ3) is 5.87. The van der Waals surface area contributed by atoms with Gasteiger partial charge in [-0.25, -0.2) is 0 Å². The predicted octanol–water partition coefficient (Wildman–Crippen LogP) is 3.04. The molecule has 2 N–H and O–H groups in total. The van der Waals surface area contributed by atoms with Crippen LogP contribution in [-0.4, -0.2) is 24.7 Å². The number of quaternary nitrogens is 1. The number of rotatable bonds is 7. The van der Waals surface area contributed by atoms with Crippen molar-refractivity contribution < 1.29 is 9.69 Å². The van der Waals surface area contributed by atoms with Crippen LogP contribution in [0.4, 0.5) is 0 Å². The minimum Gasteiger partial charge on any atom is -0.351 e. The minimum atomic E-state index is 0.0799. The van der Waals surface area contributed by atoms with Gasteiger partial charge in [-0.3, -0.25) is 4.79 Å². The maximum Gasteiger partial charge on any atom is 0.230 e. The molecule has 0 aromatic heterocycles. The molecule has 0 unspecified atom stereocenters. The van der Waals surface area contributed by atoms with Crippen LogP contribution in [0.25, 0.3) is 0 Å². The Morgan fingerprint density at radius 1 is 1.04 bits per heavy atom. The topological polar surface area (TPSA) is 33.5 Å². The van der Waals surface area contributed by atoms with E-state index in [0.29, 0.717) is 12.3 Å². The Morgan fingerprint density at radius 3 is 2.44 bits per heavy atom. The maximum atomic E-state index is 12.2. The zero-order chi connectivity index (χ0) is 17.5. The first kappa shape index (κ1) is 18.5. The quantitative estimate of drug-likeness (QED) is 0.676. The predicted molar refractivity (Wildman–Crippen MR) is 107 cm³/mol. The maximum absolute atomic E-state index is 12.2. The Labute approximate surface area is 162 Å². The number of thioether (sulfide) groups is 1. The first-order chi connectivity index (χ1) is 12.2. The highest BCUT2D eigenvalue weighted by Crippen LogP contribution is 2.20. The van der Waals surface area contributed by atoms with E-state index in [0.717, 1.165) is 15.9 Å². The van der Waals surface area contributed by atoms with E-state index >= 15 is 0 Å². The van der Waals surface area contributed by atoms with Crippen LogP contribution in [0.3, 0.4) is 0 Å². The average Bonchev–Trinajstić information content (AvgIpc) is 3.13. The number of likely N-dealkylation sites (tertiary alicyclic amines) is 1. The summed E-state index contributed by atoms with van der Waals surface area (Å²) in [6.07, 6.45) is 2.67. The van der Waals surface area contributed by atoms with Crippen molar-refractivity contribution in [1.29, 1.82) is 0 Å². The molecule has 1 saturated heterocycles. The van der Waals surface area contributed by atoms with Crippen molar-refractivity contribution in [3.63, 3.8) is 0 Å². The Morgan fingerprint density at radius 2 is 1.72 bits per heavy atom. The number of carbonyl (C=O) groups is 1. The van der Waals surface area contributed by atoms with Crippen molar-refractivity contribution in [2.45, 2.75) is 30.8 Å². The fraction of sp³-hybridized carbons (Fsp3) is 0.350. The number of nitrogens with one attached hydrogen (secondary N) is 2. The van der Waals surface area contributed by atoms with Crippen molar-refractivity contribution in [2.75, 3.05) is 18.8 Å². The van der Waals surface area contributed by atoms with E-state index in [2.05, 4.69) is 45.5 Å². The largest absolute Gasteiger partial charge is 0.351 e. The van der Waals surface area contributed by atoms with Gasteiger partial charge < -0.3 is 10.2 Å². The van der Waals surface area contributed by atoms with Crippen LogP contribution in [0.2, 0.25) is 0 Å². The van der Waals surface area contributed by atoms with Gasteiger partial charge in [0.15, 0.2) is 0 Å². The van der Waals surface area contributed by atoms with Crippen LogP contribution < -0.4 is 10.2 Å². The standard InChI is InChI=1S/C20H23BrN2OS/c21-18-7-9-19(10-8-18)25-15-20(24)22-13-16-5-1-2-6-17(16)14-23-11-3-4-12-23/h1-2,5-10H,3-4,11-15H2,(H,22,24)/p+1. The first-order valence-corrected chi connectivity index (χ1v) is 10.5. The molecule has 2 aromatic rings. The third-order valence-electron chi connectivity index (χ3n) is 4.53. The number of carbonyl (C=O) groups excluding carboxylic acids is 1. The Kier molecular flexibility index (Phi) is 6.96. The summed E-state index contributed by atoms with van der Waals surface area (Å²) in [7, 11) is 0. The molecule has 0 atom stereocenters. The van der Waals surface area contributed by atoms with Gasteiger partial charge in [-0.2, -0.15) is 0 Å². The van der Waals surface area contributed by atoms with Crippen molar-refractivity contribution in [3.05, 3.63) is 64.1 Å². The van der Waals surface area contributed by atoms with Crippen LogP contribution in [-0.2, 0) is 17.9 Å². The highest BCUT2D eigenvalue weighted by atomic mass is 79.9. The van der Waals surface area contributed by atoms with E-state index in [4.69, 9.17) is 0 Å². The molecule has 1 heterocycles. The smallest absolute Gasteiger partial charge is 0.230 e. The summed E-state index contributed by atoms with van der Waals surface area (Å²) in [5.74, 6) is 0.525. The molecule has 3 nitrogen and oxygen atoms in total. The van der Waals surface area contributed by atoms with Gasteiger partial charge in [-0.15, -0.1) is 11.8 Å². The summed E-state index contributed by atoms with van der Waals surface area (Å²) in [5.41, 5.74) is 2.60. The number of halogens is 1. The summed E-state index contributed by atoms with van der Waals surface area (Å²) >= 11 is 4.99. The van der Waals surface area contributed by atoms with Gasteiger partial charge in [-0.05, 0) is 29.8 Å². The second kappa shape index (κ2) is 9.41. The molecule has 25 heavy (non-hydrogen) atoms. The van der Waals surface area contributed by atoms with Crippen LogP contribution in [0.5, 0.6) is 0 Å². The molecule has 0 spiro atoms. The van der Waals surface area contributed by atoms with Crippen molar-refractivity contribution in [2.24, 2.45) is 0 Å². The fourth-order valence-corrected chi connectivity index (χ4v) is 4.14. The molecule has 2 aromatic carbocycles. The summed E-state index contributed by atoms with van der Waals surface area (Å²) in [4.78, 5) is 14.9. The third-order valence-corrected chi connectivity index (χ3v) is 6.07. The monoisotopic (exact) mass is 419 g/mol. The summed E-state index contributed by atoms with van der Waals surface area (Å²) in [5, 5.41) is 3.07. The van der Waals surface area contributed by atoms with Gasteiger partial charge in [0.2, 0.25) is 5.91 Å². The molecule has 1 fully saturated rings. The van der Waals surface area contributed by atoms with E-state index < -0.39 is 0 Å². The lowest BCUT2D eigenvalue weighted by Gasteiger charge is -2.15. The van der Waals surface area contributed by atoms with Crippen LogP contribution in [0, 0.1) is 0 Å². The highest BCUT2D eigenvalue weighted by Gasteiger charge is 2.17. The van der Waals surface area contributed by atoms with Crippen molar-refractivity contribution >= 4 is 33.6 Å². The molecule has 1 amide bonds. The molecule has 0 radical (unpaired) electrons. The fourth-order valence-electron chi connectivity index (χ4n) is 3.15. The van der Waals surface area contributed by atoms with Crippen LogP contribution in [0.15, 0.2) is 57.9 Å². The van der Waals surface area contributed by atoms with Gasteiger partial charge in [-0.1, -0.05) is 40.2 Å². The summed E-state index contributed by atoms with van der Waals surface area (Å²) < 4.78 is 1.05. The zero-order valence-electron chi connectivity index (χ0n) is 14.3. The second-order valence-electron chi connectivity index (χ2n) is 6.42. The lowest BCUT2D eigenvalue weighted by Crippen LogP contribution is -3.08. The zero-order valence-corrected chi connectivity index (χ0v) is 16.7. The van der Waals surface area contributed by atoms with E-state index in [-0.39, 0.29) is 5.91 Å². The molecule has 3 rings (SSSR count). The Bertz CT molecular complexity index is 699. The molecule has 0 bridgehead atoms. The normalized spacial score (nSPS) is 14.6. The molecule has 132 valence electrons. The van der Waals surface area contributed by atoms with E-state index in [1.165, 1.54) is 37.1 Å². The highest BCUT2D eigenvalue weighted by molar-refractivity contribution is 9.10. The van der Waals surface area contributed by atoms with Crippen LogP contribution >= 0.6 is 27.7 Å². The molecular formula is C20H24BrN2OS+. The SMILES string of the molecule is O=C(CSc1ccc(Br)cc1)NCc1ccccc1C[NH+]1CCCC1. The van der Waals surface area contributed by atoms with E-state index in [1.54, 1.807) is 16.7 Å². The molecule has 5 heteroatoms. The van der Waals surface area contributed by atoms with Crippen LogP contribution in [0.1, 0.15) is 24.0 Å². The van der Waals surface area contributed by atoms with E-state index in [9.17, 15) is 4.79 Å². The van der Waals surface area contributed by atoms with Crippen molar-refractivity contribution in [1.82, 2.24) is 5.32 Å². The Balaban J connectivity index is 1.49. The van der Waals surface area contributed by atoms with Gasteiger partial charge in [0.05, 0.1) is 18.8 Å². The average molecular weight is 420 g/mol. The molecule has 0 saturated carbocycles. The Hall–Kier alpha value is -1.30. The van der Waals surface area contributed by atoms with Crippen molar-refractivity contribution in [3.8, 4) is 0 Å². The second-order valence-corrected chi connectivity index (χ2v) is 8.39. The molecular weight excluding hydrogens is 396 g/mol. The number of hydrogen-bond acceptors (Lipinski definition) is 2. The lowest BCUT2D eigenvalue weighted by molar-refractivity contribution is -0.901. The number of amides is 1. The van der Waals surface area contributed by atoms with Gasteiger partial charge in [0, 0.05) is 34.3 Å².